The van der Waals surface area contributed by atoms with Crippen LogP contribution in [0.25, 0.3) is 10.1 Å². The summed E-state index contributed by atoms with van der Waals surface area (Å²) < 4.78 is 6.84. The van der Waals surface area contributed by atoms with Gasteiger partial charge in [0, 0.05) is 29.7 Å². The number of likely N-dealkylation sites (N-methyl/N-ethyl adjacent to an activating group) is 1. The molecule has 104 valence electrons. The lowest BCUT2D eigenvalue weighted by molar-refractivity contribution is 0.119. The highest BCUT2D eigenvalue weighted by atomic mass is 32.1. The third kappa shape index (κ3) is 3.56. The van der Waals surface area contributed by atoms with Gasteiger partial charge in [-0.05, 0) is 44.5 Å². The molecule has 3 heteroatoms. The fraction of sp³-hybridized carbons (Fsp3) is 0.500. The molecule has 2 rings (SSSR count). The van der Waals surface area contributed by atoms with Gasteiger partial charge in [0.1, 0.15) is 0 Å². The van der Waals surface area contributed by atoms with E-state index in [9.17, 15) is 0 Å². The molecule has 19 heavy (non-hydrogen) atoms. The molecule has 1 heterocycles. The maximum Gasteiger partial charge on any atom is 0.0584 e. The molecule has 0 saturated heterocycles. The Hall–Kier alpha value is -0.900. The molecule has 2 nitrogen and oxygen atoms in total. The van der Waals surface area contributed by atoms with Crippen LogP contribution in [0, 0.1) is 0 Å². The molecule has 1 atom stereocenters. The van der Waals surface area contributed by atoms with E-state index in [1.807, 2.05) is 11.3 Å². The van der Waals surface area contributed by atoms with Gasteiger partial charge in [-0.15, -0.1) is 11.3 Å². The first-order chi connectivity index (χ1) is 9.11. The van der Waals surface area contributed by atoms with E-state index in [1.165, 1.54) is 20.5 Å². The predicted octanol–water partition coefficient (Wildman–Crippen LogP) is 3.58. The van der Waals surface area contributed by atoms with Gasteiger partial charge in [0.05, 0.1) is 6.10 Å². The molecule has 0 aliphatic carbocycles. The summed E-state index contributed by atoms with van der Waals surface area (Å²) in [6.07, 6.45) is 2.40. The highest BCUT2D eigenvalue weighted by Crippen LogP contribution is 2.32. The second kappa shape index (κ2) is 6.51. The summed E-state index contributed by atoms with van der Waals surface area (Å²) >= 11 is 1.94. The highest BCUT2D eigenvalue weighted by Gasteiger charge is 2.14. The van der Waals surface area contributed by atoms with Crippen molar-refractivity contribution in [3.63, 3.8) is 0 Å². The zero-order valence-electron chi connectivity index (χ0n) is 12.3. The molecule has 0 amide bonds. The van der Waals surface area contributed by atoms with Gasteiger partial charge in [-0.3, -0.25) is 0 Å². The third-order valence-electron chi connectivity index (χ3n) is 3.46. The van der Waals surface area contributed by atoms with Crippen molar-refractivity contribution in [2.75, 3.05) is 27.7 Å². The number of rotatable bonds is 6. The second-order valence-electron chi connectivity index (χ2n) is 5.30. The van der Waals surface area contributed by atoms with E-state index < -0.39 is 0 Å². The summed E-state index contributed by atoms with van der Waals surface area (Å²) in [6, 6.07) is 8.71. The zero-order valence-corrected chi connectivity index (χ0v) is 13.1. The lowest BCUT2D eigenvalue weighted by atomic mass is 10.0. The van der Waals surface area contributed by atoms with Crippen LogP contribution in [0.3, 0.4) is 0 Å². The van der Waals surface area contributed by atoms with Gasteiger partial charge in [0.25, 0.3) is 0 Å². The minimum atomic E-state index is 0.274. The average Bonchev–Trinajstić information content (AvgIpc) is 2.74. The van der Waals surface area contributed by atoms with Gasteiger partial charge in [0.15, 0.2) is 0 Å². The molecular formula is C16H23NOS. The van der Waals surface area contributed by atoms with Crippen molar-refractivity contribution < 1.29 is 4.74 Å². The van der Waals surface area contributed by atoms with Gasteiger partial charge >= 0.3 is 0 Å². The monoisotopic (exact) mass is 277 g/mol. The molecule has 1 aromatic heterocycles. The van der Waals surface area contributed by atoms with E-state index in [2.05, 4.69) is 50.2 Å². The van der Waals surface area contributed by atoms with Crippen LogP contribution in [0.4, 0.5) is 0 Å². The summed E-state index contributed by atoms with van der Waals surface area (Å²) in [6.45, 7) is 3.24. The van der Waals surface area contributed by atoms with Crippen molar-refractivity contribution in [2.45, 2.75) is 25.9 Å². The van der Waals surface area contributed by atoms with Crippen LogP contribution in [-0.4, -0.2) is 38.8 Å². The quantitative estimate of drug-likeness (QED) is 0.800. The molecule has 1 aromatic carbocycles. The van der Waals surface area contributed by atoms with Gasteiger partial charge in [-0.2, -0.15) is 0 Å². The Balaban J connectivity index is 2.34. The normalized spacial score (nSPS) is 13.3. The van der Waals surface area contributed by atoms with Crippen LogP contribution in [0.15, 0.2) is 24.3 Å². The summed E-state index contributed by atoms with van der Waals surface area (Å²) in [5.74, 6) is 0. The SMILES string of the molecule is COC(C)Cc1c(CCN(C)C)sc2ccccc12. The number of hydrogen-bond donors (Lipinski definition) is 0. The molecule has 0 N–H and O–H groups in total. The van der Waals surface area contributed by atoms with Crippen LogP contribution >= 0.6 is 11.3 Å². The fourth-order valence-electron chi connectivity index (χ4n) is 2.27. The molecule has 0 aliphatic heterocycles. The van der Waals surface area contributed by atoms with Crippen LogP contribution in [0.5, 0.6) is 0 Å². The minimum Gasteiger partial charge on any atom is -0.381 e. The van der Waals surface area contributed by atoms with E-state index in [4.69, 9.17) is 4.74 Å². The molecule has 0 radical (unpaired) electrons. The van der Waals surface area contributed by atoms with Gasteiger partial charge in [-0.1, -0.05) is 18.2 Å². The van der Waals surface area contributed by atoms with Gasteiger partial charge in [0.2, 0.25) is 0 Å². The zero-order chi connectivity index (χ0) is 13.8. The minimum absolute atomic E-state index is 0.274. The lowest BCUT2D eigenvalue weighted by Gasteiger charge is -2.12. The molecule has 1 unspecified atom stereocenters. The summed E-state index contributed by atoms with van der Waals surface area (Å²) in [5.41, 5.74) is 1.48. The maximum atomic E-state index is 5.45. The molecule has 0 fully saturated rings. The van der Waals surface area contributed by atoms with Crippen molar-refractivity contribution in [3.05, 3.63) is 34.7 Å². The largest absolute Gasteiger partial charge is 0.381 e. The first-order valence-electron chi connectivity index (χ1n) is 6.78. The number of methoxy groups -OCH3 is 1. The van der Waals surface area contributed by atoms with Crippen molar-refractivity contribution >= 4 is 21.4 Å². The van der Waals surface area contributed by atoms with Crippen molar-refractivity contribution in [1.29, 1.82) is 0 Å². The Morgan fingerprint density at radius 2 is 2.00 bits per heavy atom. The van der Waals surface area contributed by atoms with Crippen LogP contribution < -0.4 is 0 Å². The van der Waals surface area contributed by atoms with Gasteiger partial charge in [-0.25, -0.2) is 0 Å². The molecule has 0 saturated carbocycles. The summed E-state index contributed by atoms with van der Waals surface area (Å²) in [5, 5.41) is 1.41. The standard InChI is InChI=1S/C16H23NOS/c1-12(18-4)11-14-13-7-5-6-8-15(13)19-16(14)9-10-17(2)3/h5-8,12H,9-11H2,1-4H3. The predicted molar refractivity (Wildman–Crippen MR) is 84.3 cm³/mol. The van der Waals surface area contributed by atoms with Crippen molar-refractivity contribution in [1.82, 2.24) is 4.90 Å². The van der Waals surface area contributed by atoms with E-state index in [0.29, 0.717) is 0 Å². The van der Waals surface area contributed by atoms with Gasteiger partial charge < -0.3 is 9.64 Å². The molecule has 0 aliphatic rings. The number of fused-ring (bicyclic) bond motifs is 1. The summed E-state index contributed by atoms with van der Waals surface area (Å²) in [4.78, 5) is 3.76. The van der Waals surface area contributed by atoms with Crippen molar-refractivity contribution in [2.24, 2.45) is 0 Å². The molecule has 2 aromatic rings. The van der Waals surface area contributed by atoms with E-state index in [-0.39, 0.29) is 6.10 Å². The Morgan fingerprint density at radius 3 is 2.68 bits per heavy atom. The summed E-state index contributed by atoms with van der Waals surface area (Å²) in [7, 11) is 6.05. The number of hydrogen-bond acceptors (Lipinski definition) is 3. The topological polar surface area (TPSA) is 12.5 Å². The van der Waals surface area contributed by atoms with Crippen LogP contribution in [-0.2, 0) is 17.6 Å². The highest BCUT2D eigenvalue weighted by molar-refractivity contribution is 7.19. The number of ether oxygens (including phenoxy) is 1. The van der Waals surface area contributed by atoms with E-state index in [1.54, 1.807) is 7.11 Å². The maximum absolute atomic E-state index is 5.45. The Bertz CT molecular complexity index is 533. The molecule has 0 spiro atoms. The smallest absolute Gasteiger partial charge is 0.0584 e. The number of benzene rings is 1. The Kier molecular flexibility index (Phi) is 4.97. The van der Waals surface area contributed by atoms with Crippen LogP contribution in [0.1, 0.15) is 17.4 Å². The Labute approximate surface area is 120 Å². The first-order valence-corrected chi connectivity index (χ1v) is 7.60. The van der Waals surface area contributed by atoms with Crippen LogP contribution in [0.2, 0.25) is 0 Å². The Morgan fingerprint density at radius 1 is 1.26 bits per heavy atom. The second-order valence-corrected chi connectivity index (χ2v) is 6.44. The number of nitrogens with zero attached hydrogens (tertiary/aromatic N) is 1. The molecular weight excluding hydrogens is 254 g/mol. The van der Waals surface area contributed by atoms with E-state index in [0.717, 1.165) is 19.4 Å². The van der Waals surface area contributed by atoms with E-state index >= 15 is 0 Å². The lowest BCUT2D eigenvalue weighted by Crippen LogP contribution is -2.16. The molecule has 0 bridgehead atoms. The van der Waals surface area contributed by atoms with Crippen molar-refractivity contribution in [3.8, 4) is 0 Å². The first kappa shape index (κ1) is 14.5. The number of thiophene rings is 1. The third-order valence-corrected chi connectivity index (χ3v) is 4.73. The average molecular weight is 277 g/mol. The fourth-order valence-corrected chi connectivity index (χ4v) is 3.49.